The van der Waals surface area contributed by atoms with Crippen LogP contribution in [-0.2, 0) is 11.2 Å². The summed E-state index contributed by atoms with van der Waals surface area (Å²) in [5, 5.41) is 0. The minimum atomic E-state index is 0.479. The minimum absolute atomic E-state index is 0.479. The molecule has 0 fully saturated rings. The number of rotatable bonds is 4. The van der Waals surface area contributed by atoms with Crippen LogP contribution in [0.25, 0.3) is 0 Å². The van der Waals surface area contributed by atoms with Gasteiger partial charge in [-0.1, -0.05) is 12.1 Å². The number of benzene rings is 1. The van der Waals surface area contributed by atoms with E-state index in [0.29, 0.717) is 13.0 Å². The summed E-state index contributed by atoms with van der Waals surface area (Å²) in [6.07, 6.45) is 1.39. The zero-order chi connectivity index (χ0) is 9.68. The van der Waals surface area contributed by atoms with Gasteiger partial charge < -0.3 is 9.53 Å². The molecule has 1 rings (SSSR count). The zero-order valence-corrected chi connectivity index (χ0v) is 8.04. The van der Waals surface area contributed by atoms with Gasteiger partial charge in [-0.2, -0.15) is 0 Å². The molecule has 0 atom stereocenters. The van der Waals surface area contributed by atoms with Crippen LogP contribution in [0.4, 0.5) is 0 Å². The molecule has 0 amide bonds. The quantitative estimate of drug-likeness (QED) is 0.660. The van der Waals surface area contributed by atoms with E-state index in [1.54, 1.807) is 0 Å². The van der Waals surface area contributed by atoms with Gasteiger partial charge in [-0.3, -0.25) is 0 Å². The molecule has 1 aromatic carbocycles. The first-order valence-corrected chi connectivity index (χ1v) is 4.44. The number of ether oxygens (including phenoxy) is 1. The van der Waals surface area contributed by atoms with Gasteiger partial charge in [0.05, 0.1) is 6.61 Å². The lowest BCUT2D eigenvalue weighted by Crippen LogP contribution is -1.95. The van der Waals surface area contributed by atoms with E-state index in [1.165, 1.54) is 0 Å². The summed E-state index contributed by atoms with van der Waals surface area (Å²) in [6.45, 7) is 4.62. The Morgan fingerprint density at radius 3 is 2.77 bits per heavy atom. The van der Waals surface area contributed by atoms with E-state index in [9.17, 15) is 4.79 Å². The lowest BCUT2D eigenvalue weighted by atomic mass is 10.1. The Bertz CT molecular complexity index is 292. The average Bonchev–Trinajstić information content (AvgIpc) is 2.10. The van der Waals surface area contributed by atoms with E-state index < -0.39 is 0 Å². The average molecular weight is 178 g/mol. The largest absolute Gasteiger partial charge is 0.494 e. The number of hydrogen-bond acceptors (Lipinski definition) is 2. The highest BCUT2D eigenvalue weighted by atomic mass is 16.5. The molecular formula is C11H14O2. The summed E-state index contributed by atoms with van der Waals surface area (Å²) < 4.78 is 5.38. The van der Waals surface area contributed by atoms with Crippen molar-refractivity contribution in [1.82, 2.24) is 0 Å². The highest BCUT2D eigenvalue weighted by Gasteiger charge is 1.99. The van der Waals surface area contributed by atoms with E-state index in [4.69, 9.17) is 4.74 Å². The maximum absolute atomic E-state index is 10.3. The van der Waals surface area contributed by atoms with Crippen molar-refractivity contribution in [3.8, 4) is 5.75 Å². The summed E-state index contributed by atoms with van der Waals surface area (Å²) in [6, 6.07) is 5.82. The van der Waals surface area contributed by atoms with Crippen molar-refractivity contribution in [3.63, 3.8) is 0 Å². The first kappa shape index (κ1) is 9.78. The molecule has 0 N–H and O–H groups in total. The molecule has 2 nitrogen and oxygen atoms in total. The monoisotopic (exact) mass is 178 g/mol. The van der Waals surface area contributed by atoms with Crippen molar-refractivity contribution in [1.29, 1.82) is 0 Å². The molecule has 2 heteroatoms. The Labute approximate surface area is 78.5 Å². The van der Waals surface area contributed by atoms with Gasteiger partial charge in [-0.05, 0) is 31.0 Å². The zero-order valence-electron chi connectivity index (χ0n) is 8.04. The molecule has 0 unspecified atom stereocenters. The topological polar surface area (TPSA) is 26.3 Å². The standard InChI is InChI=1S/C11H14O2/c1-3-13-11-5-4-10(6-7-12)8-9(11)2/h4-5,7-8H,3,6H2,1-2H3. The molecule has 0 aliphatic heterocycles. The molecule has 0 heterocycles. The van der Waals surface area contributed by atoms with Crippen LogP contribution in [0, 0.1) is 6.92 Å². The minimum Gasteiger partial charge on any atom is -0.494 e. The summed E-state index contributed by atoms with van der Waals surface area (Å²) in [5.74, 6) is 0.900. The van der Waals surface area contributed by atoms with Crippen LogP contribution >= 0.6 is 0 Å². The predicted molar refractivity (Wildman–Crippen MR) is 52.1 cm³/mol. The molecule has 0 aliphatic rings. The highest BCUT2D eigenvalue weighted by molar-refractivity contribution is 5.55. The normalized spacial score (nSPS) is 9.69. The fourth-order valence-corrected chi connectivity index (χ4v) is 1.25. The van der Waals surface area contributed by atoms with Crippen LogP contribution in [0.2, 0.25) is 0 Å². The Hall–Kier alpha value is -1.31. The molecule has 0 bridgehead atoms. The molecule has 13 heavy (non-hydrogen) atoms. The summed E-state index contributed by atoms with van der Waals surface area (Å²) in [4.78, 5) is 10.3. The van der Waals surface area contributed by atoms with E-state index in [0.717, 1.165) is 23.2 Å². The van der Waals surface area contributed by atoms with E-state index in [-0.39, 0.29) is 0 Å². The van der Waals surface area contributed by atoms with Crippen LogP contribution in [0.3, 0.4) is 0 Å². The van der Waals surface area contributed by atoms with Crippen LogP contribution in [-0.4, -0.2) is 12.9 Å². The molecule has 0 aromatic heterocycles. The van der Waals surface area contributed by atoms with Gasteiger partial charge in [0.2, 0.25) is 0 Å². The van der Waals surface area contributed by atoms with Gasteiger partial charge in [0.15, 0.2) is 0 Å². The SMILES string of the molecule is CCOc1ccc(CC=O)cc1C. The lowest BCUT2D eigenvalue weighted by Gasteiger charge is -2.07. The maximum Gasteiger partial charge on any atom is 0.124 e. The van der Waals surface area contributed by atoms with Crippen molar-refractivity contribution >= 4 is 6.29 Å². The van der Waals surface area contributed by atoms with Crippen molar-refractivity contribution in [2.45, 2.75) is 20.3 Å². The van der Waals surface area contributed by atoms with Gasteiger partial charge in [0, 0.05) is 6.42 Å². The van der Waals surface area contributed by atoms with Crippen LogP contribution in [0.1, 0.15) is 18.1 Å². The smallest absolute Gasteiger partial charge is 0.124 e. The summed E-state index contributed by atoms with van der Waals surface area (Å²) in [5.41, 5.74) is 2.12. The second-order valence-corrected chi connectivity index (χ2v) is 2.90. The van der Waals surface area contributed by atoms with Gasteiger partial charge in [0.1, 0.15) is 12.0 Å². The first-order valence-electron chi connectivity index (χ1n) is 4.44. The third-order valence-corrected chi connectivity index (χ3v) is 1.86. The number of carbonyl (C=O) groups is 1. The first-order chi connectivity index (χ1) is 6.27. The maximum atomic E-state index is 10.3. The fourth-order valence-electron chi connectivity index (χ4n) is 1.25. The molecule has 0 radical (unpaired) electrons. The highest BCUT2D eigenvalue weighted by Crippen LogP contribution is 2.18. The molecule has 0 spiro atoms. The number of carbonyl (C=O) groups excluding carboxylic acids is 1. The third-order valence-electron chi connectivity index (χ3n) is 1.86. The molecule has 0 saturated carbocycles. The molecule has 1 aromatic rings. The van der Waals surface area contributed by atoms with Crippen molar-refractivity contribution in [2.75, 3.05) is 6.61 Å². The summed E-state index contributed by atoms with van der Waals surface area (Å²) >= 11 is 0. The Morgan fingerprint density at radius 2 is 2.23 bits per heavy atom. The molecule has 0 saturated heterocycles. The second-order valence-electron chi connectivity index (χ2n) is 2.90. The van der Waals surface area contributed by atoms with Crippen molar-refractivity contribution < 1.29 is 9.53 Å². The molecule has 0 aliphatic carbocycles. The lowest BCUT2D eigenvalue weighted by molar-refractivity contribution is -0.107. The number of aldehydes is 1. The van der Waals surface area contributed by atoms with Gasteiger partial charge >= 0.3 is 0 Å². The summed E-state index contributed by atoms with van der Waals surface area (Å²) in [7, 11) is 0. The van der Waals surface area contributed by atoms with Crippen LogP contribution < -0.4 is 4.74 Å². The van der Waals surface area contributed by atoms with Gasteiger partial charge in [0.25, 0.3) is 0 Å². The molecular weight excluding hydrogens is 164 g/mol. The van der Waals surface area contributed by atoms with Gasteiger partial charge in [-0.15, -0.1) is 0 Å². The van der Waals surface area contributed by atoms with E-state index in [2.05, 4.69) is 0 Å². The molecule has 70 valence electrons. The Balaban J connectivity index is 2.84. The van der Waals surface area contributed by atoms with Gasteiger partial charge in [-0.25, -0.2) is 0 Å². The Morgan fingerprint density at radius 1 is 1.46 bits per heavy atom. The van der Waals surface area contributed by atoms with E-state index >= 15 is 0 Å². The third kappa shape index (κ3) is 2.58. The van der Waals surface area contributed by atoms with Crippen LogP contribution in [0.5, 0.6) is 5.75 Å². The van der Waals surface area contributed by atoms with E-state index in [1.807, 2.05) is 32.0 Å². The second kappa shape index (κ2) is 4.65. The predicted octanol–water partition coefficient (Wildman–Crippen LogP) is 2.14. The van der Waals surface area contributed by atoms with Crippen molar-refractivity contribution in [2.24, 2.45) is 0 Å². The number of aryl methyl sites for hydroxylation is 1. The van der Waals surface area contributed by atoms with Crippen LogP contribution in [0.15, 0.2) is 18.2 Å². The Kier molecular flexibility index (Phi) is 3.50. The van der Waals surface area contributed by atoms with Crippen molar-refractivity contribution in [3.05, 3.63) is 29.3 Å². The fraction of sp³-hybridized carbons (Fsp3) is 0.364. The number of hydrogen-bond donors (Lipinski definition) is 0.